The molecular formula is C7H4ClFN2. The van der Waals surface area contributed by atoms with Gasteiger partial charge in [-0.2, -0.15) is 5.26 Å². The molecule has 0 aliphatic rings. The van der Waals surface area contributed by atoms with E-state index >= 15 is 0 Å². The van der Waals surface area contributed by atoms with Crippen LogP contribution in [-0.2, 0) is 0 Å². The lowest BCUT2D eigenvalue weighted by molar-refractivity contribution is 0.628. The number of nitrogens with two attached hydrogens (primary N) is 1. The Morgan fingerprint density at radius 2 is 2.18 bits per heavy atom. The van der Waals surface area contributed by atoms with Crippen molar-refractivity contribution in [2.24, 2.45) is 0 Å². The lowest BCUT2D eigenvalue weighted by Gasteiger charge is -1.98. The Bertz CT molecular complexity index is 307. The highest BCUT2D eigenvalue weighted by atomic mass is 35.5. The first-order valence-electron chi connectivity index (χ1n) is 2.79. The molecular weight excluding hydrogens is 167 g/mol. The molecule has 0 fully saturated rings. The Hall–Kier alpha value is -1.27. The van der Waals surface area contributed by atoms with Crippen LogP contribution in [0, 0.1) is 17.1 Å². The van der Waals surface area contributed by atoms with Crippen LogP contribution in [0.25, 0.3) is 0 Å². The van der Waals surface area contributed by atoms with Gasteiger partial charge < -0.3 is 5.73 Å². The minimum absolute atomic E-state index is 0.0863. The summed E-state index contributed by atoms with van der Waals surface area (Å²) in [6.07, 6.45) is 0. The number of nitrogens with zero attached hydrogens (tertiary/aromatic N) is 1. The number of hydrogen-bond acceptors (Lipinski definition) is 2. The number of nitrogen functional groups attached to an aromatic ring is 1. The van der Waals surface area contributed by atoms with Gasteiger partial charge in [-0.3, -0.25) is 0 Å². The Kier molecular flexibility index (Phi) is 1.97. The summed E-state index contributed by atoms with van der Waals surface area (Å²) in [6, 6.07) is 4.12. The molecule has 0 saturated carbocycles. The normalized spacial score (nSPS) is 9.18. The topological polar surface area (TPSA) is 49.8 Å². The maximum atomic E-state index is 12.7. The second-order valence-corrected chi connectivity index (χ2v) is 2.35. The maximum Gasteiger partial charge on any atom is 0.145 e. The van der Waals surface area contributed by atoms with E-state index in [0.717, 1.165) is 6.07 Å². The van der Waals surface area contributed by atoms with E-state index in [-0.39, 0.29) is 16.3 Å². The van der Waals surface area contributed by atoms with Crippen molar-refractivity contribution >= 4 is 17.3 Å². The lowest BCUT2D eigenvalue weighted by Crippen LogP contribution is -1.90. The monoisotopic (exact) mass is 170 g/mol. The number of rotatable bonds is 0. The average molecular weight is 171 g/mol. The first-order chi connectivity index (χ1) is 5.15. The molecule has 1 aromatic rings. The molecule has 2 N–H and O–H groups in total. The molecule has 0 unspecified atom stereocenters. The summed E-state index contributed by atoms with van der Waals surface area (Å²) in [4.78, 5) is 0. The predicted molar refractivity (Wildman–Crippen MR) is 40.5 cm³/mol. The Morgan fingerprint density at radius 3 is 2.64 bits per heavy atom. The molecule has 0 bridgehead atoms. The number of nitriles is 1. The first-order valence-corrected chi connectivity index (χ1v) is 3.17. The Balaban J connectivity index is 3.35. The SMILES string of the molecule is N#Cc1cc(N)c(Cl)c(F)c1. The summed E-state index contributed by atoms with van der Waals surface area (Å²) >= 11 is 5.40. The smallest absolute Gasteiger partial charge is 0.145 e. The second-order valence-electron chi connectivity index (χ2n) is 1.97. The summed E-state index contributed by atoms with van der Waals surface area (Å²) in [5.74, 6) is -0.664. The molecule has 4 heteroatoms. The van der Waals surface area contributed by atoms with Crippen LogP contribution in [0.15, 0.2) is 12.1 Å². The van der Waals surface area contributed by atoms with E-state index in [1.807, 2.05) is 0 Å². The van der Waals surface area contributed by atoms with Gasteiger partial charge in [-0.15, -0.1) is 0 Å². The lowest BCUT2D eigenvalue weighted by atomic mass is 10.2. The third-order valence-electron chi connectivity index (χ3n) is 1.19. The molecule has 0 heterocycles. The van der Waals surface area contributed by atoms with E-state index in [4.69, 9.17) is 22.6 Å². The molecule has 0 aliphatic carbocycles. The molecule has 0 spiro atoms. The van der Waals surface area contributed by atoms with Crippen molar-refractivity contribution in [3.63, 3.8) is 0 Å². The highest BCUT2D eigenvalue weighted by Gasteiger charge is 2.04. The van der Waals surface area contributed by atoms with Gasteiger partial charge in [-0.25, -0.2) is 4.39 Å². The summed E-state index contributed by atoms with van der Waals surface area (Å²) in [7, 11) is 0. The zero-order valence-electron chi connectivity index (χ0n) is 5.44. The van der Waals surface area contributed by atoms with Crippen molar-refractivity contribution in [3.8, 4) is 6.07 Å². The van der Waals surface area contributed by atoms with Crippen LogP contribution in [0.4, 0.5) is 10.1 Å². The van der Waals surface area contributed by atoms with E-state index in [2.05, 4.69) is 0 Å². The highest BCUT2D eigenvalue weighted by molar-refractivity contribution is 6.33. The van der Waals surface area contributed by atoms with E-state index in [1.165, 1.54) is 6.07 Å². The molecule has 0 saturated heterocycles. The van der Waals surface area contributed by atoms with Crippen LogP contribution < -0.4 is 5.73 Å². The predicted octanol–water partition coefficient (Wildman–Crippen LogP) is 1.93. The second kappa shape index (κ2) is 2.77. The van der Waals surface area contributed by atoms with Gasteiger partial charge in [0, 0.05) is 0 Å². The minimum Gasteiger partial charge on any atom is -0.397 e. The number of benzene rings is 1. The van der Waals surface area contributed by atoms with Gasteiger partial charge in [0.25, 0.3) is 0 Å². The molecule has 0 amide bonds. The fraction of sp³-hybridized carbons (Fsp3) is 0. The van der Waals surface area contributed by atoms with Crippen LogP contribution >= 0.6 is 11.6 Å². The van der Waals surface area contributed by atoms with Crippen molar-refractivity contribution in [1.29, 1.82) is 5.26 Å². The average Bonchev–Trinajstić information content (AvgIpc) is 1.99. The number of anilines is 1. The van der Waals surface area contributed by atoms with Crippen molar-refractivity contribution < 1.29 is 4.39 Å². The molecule has 2 nitrogen and oxygen atoms in total. The van der Waals surface area contributed by atoms with E-state index < -0.39 is 5.82 Å². The summed E-state index contributed by atoms with van der Waals surface area (Å²) in [5.41, 5.74) is 5.53. The maximum absolute atomic E-state index is 12.7. The van der Waals surface area contributed by atoms with Gasteiger partial charge in [-0.05, 0) is 12.1 Å². The van der Waals surface area contributed by atoms with Crippen molar-refractivity contribution in [2.45, 2.75) is 0 Å². The third kappa shape index (κ3) is 1.41. The van der Waals surface area contributed by atoms with Crippen molar-refractivity contribution in [3.05, 3.63) is 28.5 Å². The summed E-state index contributed by atoms with van der Waals surface area (Å²) < 4.78 is 12.7. The molecule has 1 rings (SSSR count). The Morgan fingerprint density at radius 1 is 1.55 bits per heavy atom. The largest absolute Gasteiger partial charge is 0.397 e. The zero-order chi connectivity index (χ0) is 8.43. The van der Waals surface area contributed by atoms with Crippen LogP contribution in [-0.4, -0.2) is 0 Å². The zero-order valence-corrected chi connectivity index (χ0v) is 6.19. The first kappa shape index (κ1) is 7.83. The molecule has 0 radical (unpaired) electrons. The van der Waals surface area contributed by atoms with Gasteiger partial charge >= 0.3 is 0 Å². The van der Waals surface area contributed by atoms with E-state index in [0.29, 0.717) is 0 Å². The van der Waals surface area contributed by atoms with Crippen LogP contribution in [0.3, 0.4) is 0 Å². The van der Waals surface area contributed by atoms with Crippen molar-refractivity contribution in [2.75, 3.05) is 5.73 Å². The summed E-state index contributed by atoms with van der Waals surface area (Å²) in [5, 5.41) is 8.23. The van der Waals surface area contributed by atoms with Gasteiger partial charge in [-0.1, -0.05) is 11.6 Å². The van der Waals surface area contributed by atoms with Gasteiger partial charge in [0.1, 0.15) is 5.82 Å². The highest BCUT2D eigenvalue weighted by Crippen LogP contribution is 2.23. The molecule has 1 aromatic carbocycles. The number of halogens is 2. The quantitative estimate of drug-likeness (QED) is 0.605. The van der Waals surface area contributed by atoms with Gasteiger partial charge in [0.2, 0.25) is 0 Å². The van der Waals surface area contributed by atoms with Crippen LogP contribution in [0.5, 0.6) is 0 Å². The molecule has 56 valence electrons. The molecule has 0 atom stereocenters. The Labute approximate surface area is 68.0 Å². The van der Waals surface area contributed by atoms with Gasteiger partial charge in [0.05, 0.1) is 22.3 Å². The molecule has 0 aliphatic heterocycles. The fourth-order valence-corrected chi connectivity index (χ4v) is 0.784. The van der Waals surface area contributed by atoms with Crippen LogP contribution in [0.1, 0.15) is 5.56 Å². The van der Waals surface area contributed by atoms with E-state index in [9.17, 15) is 4.39 Å². The van der Waals surface area contributed by atoms with Gasteiger partial charge in [0.15, 0.2) is 0 Å². The molecule has 0 aromatic heterocycles. The minimum atomic E-state index is -0.664. The fourth-order valence-electron chi connectivity index (χ4n) is 0.675. The van der Waals surface area contributed by atoms with Crippen LogP contribution in [0.2, 0.25) is 5.02 Å². The van der Waals surface area contributed by atoms with Crippen molar-refractivity contribution in [1.82, 2.24) is 0 Å². The standard InChI is InChI=1S/C7H4ClFN2/c8-7-5(9)1-4(3-10)2-6(7)11/h1-2H,11H2. The van der Waals surface area contributed by atoms with E-state index in [1.54, 1.807) is 6.07 Å². The number of hydrogen-bond donors (Lipinski definition) is 1. The third-order valence-corrected chi connectivity index (χ3v) is 1.58. The summed E-state index contributed by atoms with van der Waals surface area (Å²) in [6.45, 7) is 0. The molecule has 11 heavy (non-hydrogen) atoms.